The highest BCUT2D eigenvalue weighted by atomic mass is 16.4. The summed E-state index contributed by atoms with van der Waals surface area (Å²) < 4.78 is 6.13. The van der Waals surface area contributed by atoms with Gasteiger partial charge in [0.15, 0.2) is 5.78 Å². The zero-order valence-electron chi connectivity index (χ0n) is 24.4. The number of hydrogen-bond acceptors (Lipinski definition) is 7. The third kappa shape index (κ3) is 3.18. The lowest BCUT2D eigenvalue weighted by Gasteiger charge is -2.68. The zero-order chi connectivity index (χ0) is 28.4. The summed E-state index contributed by atoms with van der Waals surface area (Å²) in [7, 11) is 0. The van der Waals surface area contributed by atoms with E-state index < -0.39 is 16.8 Å². The standard InChI is InChI=1S/C32H41N3O4/c1-18-34-35-26(39-18)32-12-10-27(2,3)16-20(32)24-21(36)14-23-28(4)15-19(17-33)25(37)31(7,38)22(28)8-9-29(23,5)30(24,6)11-13-32/h14-15,20,22,24,38H,8-13,16H2,1-7H3/t20?,22-,24?,28+,29-,30-,31+,32+/m1/s1. The number of aryl methyl sites for hydroxylation is 1. The van der Waals surface area contributed by atoms with Crippen molar-refractivity contribution in [3.05, 3.63) is 35.1 Å². The second-order valence-corrected chi connectivity index (χ2v) is 15.0. The summed E-state index contributed by atoms with van der Waals surface area (Å²) in [5, 5.41) is 30.0. The number of aliphatic hydroxyl groups is 1. The highest BCUT2D eigenvalue weighted by molar-refractivity contribution is 6.06. The van der Waals surface area contributed by atoms with Crippen LogP contribution in [0.4, 0.5) is 0 Å². The smallest absolute Gasteiger partial charge is 0.222 e. The number of allylic oxidation sites excluding steroid dienone is 3. The first-order valence-corrected chi connectivity index (χ1v) is 14.5. The summed E-state index contributed by atoms with van der Waals surface area (Å²) >= 11 is 0. The van der Waals surface area contributed by atoms with Crippen LogP contribution >= 0.6 is 0 Å². The van der Waals surface area contributed by atoms with Gasteiger partial charge in [-0.15, -0.1) is 10.2 Å². The molecule has 5 aliphatic carbocycles. The fourth-order valence-electron chi connectivity index (χ4n) is 10.2. The van der Waals surface area contributed by atoms with Crippen molar-refractivity contribution < 1.29 is 19.1 Å². The topological polar surface area (TPSA) is 117 Å². The van der Waals surface area contributed by atoms with Crippen LogP contribution in [-0.2, 0) is 15.0 Å². The van der Waals surface area contributed by atoms with Crippen molar-refractivity contribution in [2.24, 2.45) is 39.4 Å². The highest BCUT2D eigenvalue weighted by Crippen LogP contribution is 2.74. The van der Waals surface area contributed by atoms with Gasteiger partial charge < -0.3 is 9.52 Å². The van der Waals surface area contributed by atoms with Crippen molar-refractivity contribution in [2.75, 3.05) is 0 Å². The van der Waals surface area contributed by atoms with Crippen molar-refractivity contribution in [3.63, 3.8) is 0 Å². The second kappa shape index (κ2) is 7.78. The molecule has 3 fully saturated rings. The van der Waals surface area contributed by atoms with Crippen molar-refractivity contribution in [1.82, 2.24) is 10.2 Å². The van der Waals surface area contributed by atoms with Crippen molar-refractivity contribution in [3.8, 4) is 6.07 Å². The van der Waals surface area contributed by atoms with Gasteiger partial charge in [-0.3, -0.25) is 9.59 Å². The van der Waals surface area contributed by atoms with E-state index in [1.807, 2.05) is 26.0 Å². The molecule has 208 valence electrons. The van der Waals surface area contributed by atoms with Crippen LogP contribution in [0.5, 0.6) is 0 Å². The van der Waals surface area contributed by atoms with Crippen LogP contribution in [0.15, 0.2) is 27.7 Å². The van der Waals surface area contributed by atoms with Crippen molar-refractivity contribution >= 4 is 11.6 Å². The quantitative estimate of drug-likeness (QED) is 0.503. The van der Waals surface area contributed by atoms with Gasteiger partial charge in [-0.2, -0.15) is 5.26 Å². The largest absolute Gasteiger partial charge is 0.425 e. The van der Waals surface area contributed by atoms with Crippen molar-refractivity contribution in [2.45, 2.75) is 104 Å². The van der Waals surface area contributed by atoms with Gasteiger partial charge in [0.05, 0.1) is 11.0 Å². The van der Waals surface area contributed by atoms with E-state index in [1.165, 1.54) is 0 Å². The molecule has 2 unspecified atom stereocenters. The zero-order valence-corrected chi connectivity index (χ0v) is 24.4. The Morgan fingerprint density at radius 3 is 2.36 bits per heavy atom. The van der Waals surface area contributed by atoms with Crippen LogP contribution in [0.1, 0.15) is 98.3 Å². The average Bonchev–Trinajstić information content (AvgIpc) is 3.29. The Morgan fingerprint density at radius 2 is 1.72 bits per heavy atom. The minimum atomic E-state index is -1.65. The van der Waals surface area contributed by atoms with E-state index in [1.54, 1.807) is 13.0 Å². The number of Topliss-reactive ketones (excluding diaryl/α,β-unsaturated/α-hetero) is 1. The maximum absolute atomic E-state index is 14.5. The molecule has 0 saturated heterocycles. The van der Waals surface area contributed by atoms with Crippen LogP contribution in [0.2, 0.25) is 0 Å². The fraction of sp³-hybridized carbons (Fsp3) is 0.719. The molecule has 8 atom stereocenters. The third-order valence-corrected chi connectivity index (χ3v) is 12.5. The molecular weight excluding hydrogens is 490 g/mol. The molecular formula is C32H41N3O4. The molecule has 1 aromatic heterocycles. The molecule has 1 aromatic rings. The molecule has 7 nitrogen and oxygen atoms in total. The first-order valence-electron chi connectivity index (χ1n) is 14.5. The molecule has 0 aliphatic heterocycles. The van der Waals surface area contributed by atoms with Gasteiger partial charge in [0, 0.05) is 24.2 Å². The van der Waals surface area contributed by atoms with E-state index in [0.717, 1.165) is 44.1 Å². The van der Waals surface area contributed by atoms with Gasteiger partial charge in [0.1, 0.15) is 11.7 Å². The van der Waals surface area contributed by atoms with E-state index in [4.69, 9.17) is 4.42 Å². The lowest BCUT2D eigenvalue weighted by Crippen LogP contribution is -2.66. The molecule has 1 N–H and O–H groups in total. The number of fused-ring (bicyclic) bond motifs is 7. The highest BCUT2D eigenvalue weighted by Gasteiger charge is 2.71. The van der Waals surface area contributed by atoms with E-state index in [-0.39, 0.29) is 50.8 Å². The first kappa shape index (κ1) is 26.6. The molecule has 1 heterocycles. The number of aromatic nitrogens is 2. The Morgan fingerprint density at radius 1 is 1.03 bits per heavy atom. The Kier molecular flexibility index (Phi) is 5.31. The maximum atomic E-state index is 14.5. The molecule has 0 aromatic carbocycles. The minimum Gasteiger partial charge on any atom is -0.425 e. The van der Waals surface area contributed by atoms with Gasteiger partial charge >= 0.3 is 0 Å². The van der Waals surface area contributed by atoms with Crippen LogP contribution < -0.4 is 0 Å². The van der Waals surface area contributed by atoms with Crippen LogP contribution in [0, 0.1) is 57.7 Å². The molecule has 0 bridgehead atoms. The Hall–Kier alpha value is -2.59. The van der Waals surface area contributed by atoms with Gasteiger partial charge in [0.2, 0.25) is 17.6 Å². The number of nitriles is 1. The van der Waals surface area contributed by atoms with Gasteiger partial charge in [-0.1, -0.05) is 46.3 Å². The Bertz CT molecular complexity index is 1390. The van der Waals surface area contributed by atoms with E-state index >= 15 is 0 Å². The lowest BCUT2D eigenvalue weighted by atomic mass is 9.34. The summed E-state index contributed by atoms with van der Waals surface area (Å²) in [5.74, 6) is 0.355. The predicted molar refractivity (Wildman–Crippen MR) is 144 cm³/mol. The SMILES string of the molecule is Cc1nnc([C@]23CCC(C)(C)CC2C2C(=O)C=C4[C@@]5(C)C=C(C#N)C(=O)[C@@](C)(O)[C@@H]5CC[C@@]4(C)[C@]2(C)CC3)o1. The molecule has 6 rings (SSSR count). The normalized spacial score (nSPS) is 46.6. The molecule has 5 aliphatic rings. The number of carbonyl (C=O) groups excluding carboxylic acids is 2. The second-order valence-electron chi connectivity index (χ2n) is 15.0. The number of carbonyl (C=O) groups is 2. The fourth-order valence-corrected chi connectivity index (χ4v) is 10.2. The molecule has 0 amide bonds. The summed E-state index contributed by atoms with van der Waals surface area (Å²) in [5.41, 5.74) is -2.31. The van der Waals surface area contributed by atoms with E-state index in [2.05, 4.69) is 37.9 Å². The summed E-state index contributed by atoms with van der Waals surface area (Å²) in [6.45, 7) is 14.6. The molecule has 7 heteroatoms. The van der Waals surface area contributed by atoms with Gasteiger partial charge in [-0.25, -0.2) is 0 Å². The monoisotopic (exact) mass is 531 g/mol. The number of hydrogen-bond donors (Lipinski definition) is 1. The Balaban J connectivity index is 1.54. The number of nitrogens with zero attached hydrogens (tertiary/aromatic N) is 3. The van der Waals surface area contributed by atoms with Crippen molar-refractivity contribution in [1.29, 1.82) is 5.26 Å². The Labute approximate surface area is 231 Å². The number of rotatable bonds is 1. The summed E-state index contributed by atoms with van der Waals surface area (Å²) in [6.07, 6.45) is 9.67. The minimum absolute atomic E-state index is 0.00733. The predicted octanol–water partition coefficient (Wildman–Crippen LogP) is 5.57. The van der Waals surface area contributed by atoms with Crippen LogP contribution in [0.3, 0.4) is 0 Å². The van der Waals surface area contributed by atoms with Crippen LogP contribution in [0.25, 0.3) is 0 Å². The molecule has 0 spiro atoms. The average molecular weight is 532 g/mol. The molecule has 3 saturated carbocycles. The first-order chi connectivity index (χ1) is 18.1. The number of ketones is 2. The van der Waals surface area contributed by atoms with E-state index in [0.29, 0.717) is 18.2 Å². The molecule has 39 heavy (non-hydrogen) atoms. The van der Waals surface area contributed by atoms with Crippen LogP contribution in [-0.4, -0.2) is 32.5 Å². The van der Waals surface area contributed by atoms with Gasteiger partial charge in [0.25, 0.3) is 0 Å². The maximum Gasteiger partial charge on any atom is 0.222 e. The third-order valence-electron chi connectivity index (χ3n) is 12.5. The summed E-state index contributed by atoms with van der Waals surface area (Å²) in [4.78, 5) is 27.5. The lowest BCUT2D eigenvalue weighted by molar-refractivity contribution is -0.167. The van der Waals surface area contributed by atoms with Gasteiger partial charge in [-0.05, 0) is 80.1 Å². The van der Waals surface area contributed by atoms with E-state index in [9.17, 15) is 20.0 Å². The summed E-state index contributed by atoms with van der Waals surface area (Å²) in [6, 6.07) is 2.04. The molecule has 0 radical (unpaired) electrons.